The largest absolute Gasteiger partial charge is 0.369 e. The van der Waals surface area contributed by atoms with Gasteiger partial charge in [-0.3, -0.25) is 4.68 Å². The molecule has 0 aliphatic carbocycles. The normalized spacial score (nSPS) is 11.5. The summed E-state index contributed by atoms with van der Waals surface area (Å²) in [6, 6.07) is 0. The standard InChI is InChI=1S/C15H20N6S/c1-9(2)15-20-11(8-22-15)5-6-16-13-12-7-17-21(4)14(12)19-10(3)18-13/h7-9H,5-6H2,1-4H3,(H,16,18,19). The van der Waals surface area contributed by atoms with Gasteiger partial charge in [-0.1, -0.05) is 13.8 Å². The fraction of sp³-hybridized carbons (Fsp3) is 0.467. The molecule has 3 aromatic heterocycles. The van der Waals surface area contributed by atoms with E-state index in [9.17, 15) is 0 Å². The monoisotopic (exact) mass is 316 g/mol. The predicted octanol–water partition coefficient (Wildman–Crippen LogP) is 2.91. The van der Waals surface area contributed by atoms with Gasteiger partial charge in [0.2, 0.25) is 0 Å². The van der Waals surface area contributed by atoms with Gasteiger partial charge >= 0.3 is 0 Å². The van der Waals surface area contributed by atoms with Gasteiger partial charge in [0.1, 0.15) is 11.6 Å². The topological polar surface area (TPSA) is 68.5 Å². The Bertz CT molecular complexity index is 789. The number of anilines is 1. The molecule has 3 heterocycles. The van der Waals surface area contributed by atoms with Crippen molar-refractivity contribution in [3.63, 3.8) is 0 Å². The molecule has 6 nitrogen and oxygen atoms in total. The van der Waals surface area contributed by atoms with E-state index in [-0.39, 0.29) is 0 Å². The van der Waals surface area contributed by atoms with Crippen molar-refractivity contribution in [2.75, 3.05) is 11.9 Å². The van der Waals surface area contributed by atoms with Gasteiger partial charge in [-0.05, 0) is 6.92 Å². The highest BCUT2D eigenvalue weighted by molar-refractivity contribution is 7.09. The summed E-state index contributed by atoms with van der Waals surface area (Å²) in [5, 5.41) is 11.9. The second kappa shape index (κ2) is 6.00. The van der Waals surface area contributed by atoms with E-state index < -0.39 is 0 Å². The zero-order valence-electron chi connectivity index (χ0n) is 13.3. The highest BCUT2D eigenvalue weighted by atomic mass is 32.1. The maximum Gasteiger partial charge on any atom is 0.163 e. The quantitative estimate of drug-likeness (QED) is 0.784. The van der Waals surface area contributed by atoms with Crippen molar-refractivity contribution in [1.29, 1.82) is 0 Å². The molecule has 116 valence electrons. The minimum absolute atomic E-state index is 0.492. The van der Waals surface area contributed by atoms with Gasteiger partial charge in [0, 0.05) is 31.3 Å². The number of hydrogen-bond donors (Lipinski definition) is 1. The van der Waals surface area contributed by atoms with Gasteiger partial charge in [-0.15, -0.1) is 11.3 Å². The van der Waals surface area contributed by atoms with Crippen molar-refractivity contribution in [2.24, 2.45) is 7.05 Å². The average Bonchev–Trinajstić information content (AvgIpc) is 3.07. The van der Waals surface area contributed by atoms with Gasteiger partial charge in [0.15, 0.2) is 5.65 Å². The molecular weight excluding hydrogens is 296 g/mol. The molecule has 3 rings (SSSR count). The minimum Gasteiger partial charge on any atom is -0.369 e. The highest BCUT2D eigenvalue weighted by Gasteiger charge is 2.10. The predicted molar refractivity (Wildman–Crippen MR) is 89.4 cm³/mol. The van der Waals surface area contributed by atoms with E-state index in [1.54, 1.807) is 22.2 Å². The number of fused-ring (bicyclic) bond motifs is 1. The van der Waals surface area contributed by atoms with Gasteiger partial charge < -0.3 is 5.32 Å². The molecule has 0 bridgehead atoms. The minimum atomic E-state index is 0.492. The molecule has 0 spiro atoms. The summed E-state index contributed by atoms with van der Waals surface area (Å²) in [6.45, 7) is 7.03. The van der Waals surface area contributed by atoms with Crippen LogP contribution in [0, 0.1) is 6.92 Å². The number of thiazole rings is 1. The van der Waals surface area contributed by atoms with Crippen molar-refractivity contribution in [3.05, 3.63) is 28.1 Å². The van der Waals surface area contributed by atoms with Crippen LogP contribution in [0.3, 0.4) is 0 Å². The van der Waals surface area contributed by atoms with Crippen LogP contribution in [0.4, 0.5) is 5.82 Å². The van der Waals surface area contributed by atoms with Crippen molar-refractivity contribution in [2.45, 2.75) is 33.1 Å². The highest BCUT2D eigenvalue weighted by Crippen LogP contribution is 2.21. The fourth-order valence-corrected chi connectivity index (χ4v) is 3.15. The molecule has 0 aromatic carbocycles. The molecule has 0 amide bonds. The van der Waals surface area contributed by atoms with Crippen LogP contribution in [-0.2, 0) is 13.5 Å². The molecule has 1 N–H and O–H groups in total. The van der Waals surface area contributed by atoms with Crippen LogP contribution in [-0.4, -0.2) is 31.3 Å². The van der Waals surface area contributed by atoms with Gasteiger partial charge in [-0.2, -0.15) is 5.10 Å². The van der Waals surface area contributed by atoms with E-state index in [4.69, 9.17) is 0 Å². The first-order chi connectivity index (χ1) is 10.5. The lowest BCUT2D eigenvalue weighted by Crippen LogP contribution is -2.08. The maximum atomic E-state index is 4.65. The van der Waals surface area contributed by atoms with Crippen molar-refractivity contribution < 1.29 is 0 Å². The number of rotatable bonds is 5. The molecule has 0 atom stereocenters. The molecule has 0 saturated carbocycles. The van der Waals surface area contributed by atoms with E-state index in [2.05, 4.69) is 44.6 Å². The Kier molecular flexibility index (Phi) is 4.06. The van der Waals surface area contributed by atoms with E-state index >= 15 is 0 Å². The summed E-state index contributed by atoms with van der Waals surface area (Å²) in [5.74, 6) is 2.08. The molecule has 0 fully saturated rings. The molecule has 0 radical (unpaired) electrons. The Morgan fingerprint density at radius 3 is 2.82 bits per heavy atom. The third kappa shape index (κ3) is 2.94. The lowest BCUT2D eigenvalue weighted by Gasteiger charge is -2.06. The van der Waals surface area contributed by atoms with Crippen LogP contribution in [0.25, 0.3) is 11.0 Å². The molecule has 0 aliphatic heterocycles. The lowest BCUT2D eigenvalue weighted by atomic mass is 10.2. The first-order valence-corrected chi connectivity index (χ1v) is 8.27. The summed E-state index contributed by atoms with van der Waals surface area (Å²) in [7, 11) is 1.89. The molecule has 0 unspecified atom stereocenters. The number of nitrogens with zero attached hydrogens (tertiary/aromatic N) is 5. The first kappa shape index (κ1) is 14.9. The van der Waals surface area contributed by atoms with Crippen molar-refractivity contribution in [3.8, 4) is 0 Å². The number of aryl methyl sites for hydroxylation is 2. The van der Waals surface area contributed by atoms with E-state index in [0.717, 1.165) is 41.3 Å². The Balaban J connectivity index is 1.71. The van der Waals surface area contributed by atoms with E-state index in [1.807, 2.05) is 14.0 Å². The summed E-state index contributed by atoms with van der Waals surface area (Å²) in [6.07, 6.45) is 2.69. The summed E-state index contributed by atoms with van der Waals surface area (Å²) in [5.41, 5.74) is 1.99. The van der Waals surface area contributed by atoms with Crippen LogP contribution < -0.4 is 5.32 Å². The van der Waals surface area contributed by atoms with E-state index in [1.165, 1.54) is 5.01 Å². The van der Waals surface area contributed by atoms with Crippen LogP contribution in [0.1, 0.15) is 36.3 Å². The SMILES string of the molecule is Cc1nc(NCCc2csc(C(C)C)n2)c2cnn(C)c2n1. The maximum absolute atomic E-state index is 4.65. The average molecular weight is 316 g/mol. The molecule has 0 saturated heterocycles. The Labute approximate surface area is 133 Å². The zero-order valence-corrected chi connectivity index (χ0v) is 14.1. The molecule has 0 aliphatic rings. The molecule has 7 heteroatoms. The van der Waals surface area contributed by atoms with Crippen LogP contribution >= 0.6 is 11.3 Å². The number of aromatic nitrogens is 5. The Morgan fingerprint density at radius 2 is 2.09 bits per heavy atom. The van der Waals surface area contributed by atoms with Crippen LogP contribution in [0.15, 0.2) is 11.6 Å². The van der Waals surface area contributed by atoms with Crippen LogP contribution in [0.2, 0.25) is 0 Å². The van der Waals surface area contributed by atoms with E-state index in [0.29, 0.717) is 5.92 Å². The Morgan fingerprint density at radius 1 is 1.27 bits per heavy atom. The first-order valence-electron chi connectivity index (χ1n) is 7.39. The second-order valence-corrected chi connectivity index (χ2v) is 6.52. The summed E-state index contributed by atoms with van der Waals surface area (Å²) < 4.78 is 1.77. The Hall–Kier alpha value is -2.02. The van der Waals surface area contributed by atoms with Crippen LogP contribution in [0.5, 0.6) is 0 Å². The van der Waals surface area contributed by atoms with Gasteiger partial charge in [0.25, 0.3) is 0 Å². The smallest absolute Gasteiger partial charge is 0.163 e. The van der Waals surface area contributed by atoms with Crippen molar-refractivity contribution in [1.82, 2.24) is 24.7 Å². The third-order valence-corrected chi connectivity index (χ3v) is 4.64. The number of nitrogens with one attached hydrogen (secondary N) is 1. The second-order valence-electron chi connectivity index (χ2n) is 5.63. The zero-order chi connectivity index (χ0) is 15.7. The van der Waals surface area contributed by atoms with Crippen molar-refractivity contribution >= 4 is 28.2 Å². The summed E-state index contributed by atoms with van der Waals surface area (Å²) in [4.78, 5) is 13.6. The van der Waals surface area contributed by atoms with Gasteiger partial charge in [0.05, 0.1) is 22.3 Å². The third-order valence-electron chi connectivity index (χ3n) is 3.44. The number of hydrogen-bond acceptors (Lipinski definition) is 6. The fourth-order valence-electron chi connectivity index (χ4n) is 2.28. The lowest BCUT2D eigenvalue weighted by molar-refractivity contribution is 0.783. The molecule has 3 aromatic rings. The van der Waals surface area contributed by atoms with Gasteiger partial charge in [-0.25, -0.2) is 15.0 Å². The summed E-state index contributed by atoms with van der Waals surface area (Å²) >= 11 is 1.73. The molecule has 22 heavy (non-hydrogen) atoms. The molecular formula is C15H20N6S.